The van der Waals surface area contributed by atoms with E-state index in [4.69, 9.17) is 4.74 Å². The number of aliphatic imine (C=N–C) groups is 1. The van der Waals surface area contributed by atoms with Gasteiger partial charge in [0, 0.05) is 32.1 Å². The molecule has 3 rings (SSSR count). The first-order valence-corrected chi connectivity index (χ1v) is 8.52. The summed E-state index contributed by atoms with van der Waals surface area (Å²) in [6.45, 7) is 5.35. The molecule has 1 atom stereocenters. The number of likely N-dealkylation sites (tertiary alicyclic amines) is 1. The van der Waals surface area contributed by atoms with Crippen molar-refractivity contribution in [2.45, 2.75) is 44.2 Å². The molecular formula is C14H23N3O2S. The van der Waals surface area contributed by atoms with E-state index in [2.05, 4.69) is 10.3 Å². The molecule has 112 valence electrons. The Hall–Kier alpha value is -0.750. The molecule has 1 spiro atoms. The summed E-state index contributed by atoms with van der Waals surface area (Å²) in [6, 6.07) is -0.266. The van der Waals surface area contributed by atoms with Gasteiger partial charge in [-0.1, -0.05) is 11.8 Å². The van der Waals surface area contributed by atoms with Gasteiger partial charge in [-0.25, -0.2) is 4.99 Å². The Morgan fingerprint density at radius 1 is 1.40 bits per heavy atom. The number of thioether (sulfide) groups is 1. The third-order valence-electron chi connectivity index (χ3n) is 4.39. The van der Waals surface area contributed by atoms with Gasteiger partial charge in [0.15, 0.2) is 5.17 Å². The van der Waals surface area contributed by atoms with Gasteiger partial charge in [0.1, 0.15) is 6.04 Å². The van der Waals surface area contributed by atoms with Crippen molar-refractivity contribution in [3.8, 4) is 0 Å². The first kappa shape index (κ1) is 14.2. The van der Waals surface area contributed by atoms with Crippen molar-refractivity contribution in [3.05, 3.63) is 0 Å². The lowest BCUT2D eigenvalue weighted by molar-refractivity contribution is -0.131. The summed E-state index contributed by atoms with van der Waals surface area (Å²) >= 11 is 1.75. The molecule has 0 aromatic rings. The van der Waals surface area contributed by atoms with E-state index in [0.717, 1.165) is 62.9 Å². The van der Waals surface area contributed by atoms with Crippen LogP contribution in [0.25, 0.3) is 0 Å². The number of nitrogens with zero attached hydrogens (tertiary/aromatic N) is 2. The quantitative estimate of drug-likeness (QED) is 0.833. The topological polar surface area (TPSA) is 53.9 Å². The van der Waals surface area contributed by atoms with Crippen LogP contribution >= 0.6 is 11.8 Å². The highest BCUT2D eigenvalue weighted by molar-refractivity contribution is 8.14. The zero-order valence-electron chi connectivity index (χ0n) is 12.1. The lowest BCUT2D eigenvalue weighted by atomic mass is 9.93. The number of hydrogen-bond donors (Lipinski definition) is 1. The van der Waals surface area contributed by atoms with E-state index in [1.54, 1.807) is 11.8 Å². The SMILES string of the molecule is CC(N=C1NC2(CCOCC2)CS1)C(=O)N1CCCC1. The van der Waals surface area contributed by atoms with E-state index in [0.29, 0.717) is 0 Å². The number of rotatable bonds is 2. The van der Waals surface area contributed by atoms with Gasteiger partial charge in [-0.2, -0.15) is 0 Å². The summed E-state index contributed by atoms with van der Waals surface area (Å²) < 4.78 is 5.43. The van der Waals surface area contributed by atoms with Crippen LogP contribution in [0.5, 0.6) is 0 Å². The van der Waals surface area contributed by atoms with Crippen molar-refractivity contribution in [1.82, 2.24) is 10.2 Å². The highest BCUT2D eigenvalue weighted by Gasteiger charge is 2.39. The molecule has 0 bridgehead atoms. The van der Waals surface area contributed by atoms with Gasteiger partial charge < -0.3 is 15.0 Å². The Bertz CT molecular complexity index is 401. The minimum atomic E-state index is -0.266. The third-order valence-corrected chi connectivity index (χ3v) is 5.57. The molecule has 1 N–H and O–H groups in total. The van der Waals surface area contributed by atoms with Crippen LogP contribution in [0.3, 0.4) is 0 Å². The van der Waals surface area contributed by atoms with Gasteiger partial charge in [0.2, 0.25) is 5.91 Å². The lowest BCUT2D eigenvalue weighted by Gasteiger charge is -2.32. The molecular weight excluding hydrogens is 274 g/mol. The van der Waals surface area contributed by atoms with Crippen molar-refractivity contribution in [1.29, 1.82) is 0 Å². The zero-order chi connectivity index (χ0) is 14.0. The highest BCUT2D eigenvalue weighted by atomic mass is 32.2. The molecule has 3 aliphatic heterocycles. The van der Waals surface area contributed by atoms with E-state index < -0.39 is 0 Å². The zero-order valence-corrected chi connectivity index (χ0v) is 12.9. The van der Waals surface area contributed by atoms with E-state index in [-0.39, 0.29) is 17.5 Å². The lowest BCUT2D eigenvalue weighted by Crippen LogP contribution is -2.48. The Labute approximate surface area is 124 Å². The first-order valence-electron chi connectivity index (χ1n) is 7.54. The molecule has 1 unspecified atom stereocenters. The number of ether oxygens (including phenoxy) is 1. The molecule has 1 amide bonds. The Balaban J connectivity index is 1.59. The van der Waals surface area contributed by atoms with E-state index >= 15 is 0 Å². The van der Waals surface area contributed by atoms with Crippen molar-refractivity contribution in [2.24, 2.45) is 4.99 Å². The Morgan fingerprint density at radius 3 is 2.80 bits per heavy atom. The fourth-order valence-corrected chi connectivity index (χ4v) is 4.33. The van der Waals surface area contributed by atoms with Gasteiger partial charge in [-0.3, -0.25) is 4.79 Å². The molecule has 5 nitrogen and oxygen atoms in total. The summed E-state index contributed by atoms with van der Waals surface area (Å²) in [5.74, 6) is 1.21. The molecule has 0 saturated carbocycles. The number of amidine groups is 1. The largest absolute Gasteiger partial charge is 0.381 e. The van der Waals surface area contributed by atoms with Crippen LogP contribution in [-0.2, 0) is 9.53 Å². The van der Waals surface area contributed by atoms with E-state index in [9.17, 15) is 4.79 Å². The second kappa shape index (κ2) is 5.93. The van der Waals surface area contributed by atoms with Gasteiger partial charge in [-0.05, 0) is 32.6 Å². The third kappa shape index (κ3) is 2.96. The van der Waals surface area contributed by atoms with Gasteiger partial charge in [0.05, 0.1) is 5.54 Å². The van der Waals surface area contributed by atoms with Gasteiger partial charge in [0.25, 0.3) is 0 Å². The van der Waals surface area contributed by atoms with Crippen molar-refractivity contribution in [3.63, 3.8) is 0 Å². The first-order chi connectivity index (χ1) is 9.69. The predicted molar refractivity (Wildman–Crippen MR) is 81.1 cm³/mol. The summed E-state index contributed by atoms with van der Waals surface area (Å²) in [5.41, 5.74) is 0.151. The molecule has 6 heteroatoms. The van der Waals surface area contributed by atoms with Crippen LogP contribution in [0.2, 0.25) is 0 Å². The molecule has 3 aliphatic rings. The van der Waals surface area contributed by atoms with Crippen LogP contribution in [0.4, 0.5) is 0 Å². The van der Waals surface area contributed by atoms with Gasteiger partial charge >= 0.3 is 0 Å². The maximum absolute atomic E-state index is 12.3. The molecule has 3 heterocycles. The van der Waals surface area contributed by atoms with Crippen LogP contribution in [-0.4, -0.2) is 59.6 Å². The monoisotopic (exact) mass is 297 g/mol. The number of nitrogens with one attached hydrogen (secondary N) is 1. The number of amides is 1. The molecule has 3 fully saturated rings. The Morgan fingerprint density at radius 2 is 2.10 bits per heavy atom. The average molecular weight is 297 g/mol. The Kier molecular flexibility index (Phi) is 4.21. The predicted octanol–water partition coefficient (Wildman–Crippen LogP) is 1.24. The summed E-state index contributed by atoms with van der Waals surface area (Å²) in [5, 5.41) is 4.48. The van der Waals surface area contributed by atoms with Crippen molar-refractivity contribution >= 4 is 22.8 Å². The van der Waals surface area contributed by atoms with Crippen LogP contribution in [0.15, 0.2) is 4.99 Å². The highest BCUT2D eigenvalue weighted by Crippen LogP contribution is 2.32. The van der Waals surface area contributed by atoms with Crippen molar-refractivity contribution in [2.75, 3.05) is 32.1 Å². The minimum absolute atomic E-state index is 0.151. The normalized spacial score (nSPS) is 28.9. The molecule has 20 heavy (non-hydrogen) atoms. The smallest absolute Gasteiger partial charge is 0.247 e. The number of hydrogen-bond acceptors (Lipinski definition) is 4. The maximum Gasteiger partial charge on any atom is 0.247 e. The van der Waals surface area contributed by atoms with Crippen LogP contribution in [0.1, 0.15) is 32.6 Å². The molecule has 3 saturated heterocycles. The van der Waals surface area contributed by atoms with Crippen LogP contribution in [0, 0.1) is 0 Å². The molecule has 0 radical (unpaired) electrons. The fourth-order valence-electron chi connectivity index (χ4n) is 3.04. The molecule has 0 aromatic carbocycles. The number of carbonyl (C=O) groups is 1. The maximum atomic E-state index is 12.3. The van der Waals surface area contributed by atoms with Gasteiger partial charge in [-0.15, -0.1) is 0 Å². The van der Waals surface area contributed by atoms with E-state index in [1.165, 1.54) is 0 Å². The minimum Gasteiger partial charge on any atom is -0.381 e. The average Bonchev–Trinajstić information content (AvgIpc) is 3.10. The van der Waals surface area contributed by atoms with Crippen molar-refractivity contribution < 1.29 is 9.53 Å². The second-order valence-electron chi connectivity index (χ2n) is 5.95. The van der Waals surface area contributed by atoms with Crippen LogP contribution < -0.4 is 5.32 Å². The fraction of sp³-hybridized carbons (Fsp3) is 0.857. The molecule has 0 aromatic heterocycles. The summed E-state index contributed by atoms with van der Waals surface area (Å²) in [6.07, 6.45) is 4.33. The van der Waals surface area contributed by atoms with E-state index in [1.807, 2.05) is 11.8 Å². The number of carbonyl (C=O) groups excluding carboxylic acids is 1. The summed E-state index contributed by atoms with van der Waals surface area (Å²) in [7, 11) is 0. The second-order valence-corrected chi connectivity index (χ2v) is 6.91. The standard InChI is InChI=1S/C14H23N3O2S/c1-11(12(18)17-6-2-3-7-17)15-13-16-14(10-20-13)4-8-19-9-5-14/h11H,2-10H2,1H3,(H,15,16). The molecule has 0 aliphatic carbocycles. The summed E-state index contributed by atoms with van der Waals surface area (Å²) in [4.78, 5) is 18.8.